The second-order valence-electron chi connectivity index (χ2n) is 4.15. The summed E-state index contributed by atoms with van der Waals surface area (Å²) >= 11 is 0. The molecule has 0 aromatic carbocycles. The fourth-order valence-electron chi connectivity index (χ4n) is 1.96. The van der Waals surface area contributed by atoms with Crippen LogP contribution in [0.5, 0.6) is 0 Å². The normalized spacial score (nSPS) is 10.3. The zero-order valence-corrected chi connectivity index (χ0v) is 10.2. The van der Waals surface area contributed by atoms with E-state index in [1.807, 2.05) is 30.7 Å². The van der Waals surface area contributed by atoms with Gasteiger partial charge < -0.3 is 19.0 Å². The summed E-state index contributed by atoms with van der Waals surface area (Å²) < 4.78 is 3.68. The molecule has 0 saturated carbocycles. The summed E-state index contributed by atoms with van der Waals surface area (Å²) in [6, 6.07) is 7.39. The van der Waals surface area contributed by atoms with Crippen LogP contribution < -0.4 is 11.2 Å². The number of nitrogens with zero attached hydrogens (tertiary/aromatic N) is 3. The molecule has 0 aliphatic rings. The van der Waals surface area contributed by atoms with Crippen molar-refractivity contribution in [1.82, 2.24) is 9.13 Å². The first-order chi connectivity index (χ1) is 8.06. The molecule has 0 amide bonds. The first-order valence-corrected chi connectivity index (χ1v) is 5.39. The lowest BCUT2D eigenvalue weighted by molar-refractivity contribution is 0.593. The summed E-state index contributed by atoms with van der Waals surface area (Å²) in [4.78, 5) is 3.39. The van der Waals surface area contributed by atoms with Gasteiger partial charge in [0.25, 0.3) is 0 Å². The maximum absolute atomic E-state index is 10.3. The molecule has 0 unspecified atom stereocenters. The van der Waals surface area contributed by atoms with Gasteiger partial charge in [0.05, 0.1) is 12.6 Å². The molecule has 0 aliphatic carbocycles. The molecule has 0 aliphatic heterocycles. The molecule has 2 aromatic rings. The third-order valence-corrected chi connectivity index (χ3v) is 3.22. The Morgan fingerprint density at radius 2 is 1.71 bits per heavy atom. The Morgan fingerprint density at radius 1 is 1.12 bits per heavy atom. The average molecular weight is 227 g/mol. The van der Waals surface area contributed by atoms with E-state index in [-0.39, 0.29) is 0 Å². The van der Waals surface area contributed by atoms with Gasteiger partial charge in [-0.1, -0.05) is 6.57 Å². The van der Waals surface area contributed by atoms with Gasteiger partial charge in [-0.05, 0) is 31.2 Å². The van der Waals surface area contributed by atoms with Crippen molar-refractivity contribution in [3.05, 3.63) is 41.4 Å². The topological polar surface area (TPSA) is 34.5 Å². The number of rotatable bonds is 2. The zero-order valence-electron chi connectivity index (χ0n) is 10.2. The van der Waals surface area contributed by atoms with Gasteiger partial charge in [-0.2, -0.15) is 0 Å². The Hall–Kier alpha value is -1.93. The molecule has 2 heterocycles. The maximum atomic E-state index is 10.3. The van der Waals surface area contributed by atoms with Crippen LogP contribution >= 0.6 is 0 Å². The van der Waals surface area contributed by atoms with E-state index in [1.165, 1.54) is 0 Å². The fourth-order valence-corrected chi connectivity index (χ4v) is 1.96. The lowest BCUT2D eigenvalue weighted by Crippen LogP contribution is -2.48. The van der Waals surface area contributed by atoms with Gasteiger partial charge in [0, 0.05) is 18.3 Å². The number of hydrogen-bond acceptors (Lipinski definition) is 1. The van der Waals surface area contributed by atoms with Crippen molar-refractivity contribution in [2.75, 3.05) is 0 Å². The van der Waals surface area contributed by atoms with Crippen LogP contribution in [0.4, 0.5) is 5.82 Å². The highest BCUT2D eigenvalue weighted by molar-refractivity contribution is 6.77. The van der Waals surface area contributed by atoms with E-state index in [2.05, 4.69) is 4.85 Å². The minimum atomic E-state index is -0.700. The Balaban J connectivity index is 2.44. The lowest BCUT2D eigenvalue weighted by atomic mass is 9.61. The predicted molar refractivity (Wildman–Crippen MR) is 69.1 cm³/mol. The van der Waals surface area contributed by atoms with Crippen molar-refractivity contribution >= 4 is 23.9 Å². The first kappa shape index (κ1) is 11.6. The van der Waals surface area contributed by atoms with E-state index < -0.39 is 6.92 Å². The number of aromatic nitrogens is 2. The predicted octanol–water partition coefficient (Wildman–Crippen LogP) is 0.321. The molecule has 0 spiro atoms. The van der Waals surface area contributed by atoms with Gasteiger partial charge in [0.15, 0.2) is 0 Å². The van der Waals surface area contributed by atoms with E-state index in [9.17, 15) is 5.02 Å². The van der Waals surface area contributed by atoms with Gasteiger partial charge >= 0.3 is 6.92 Å². The van der Waals surface area contributed by atoms with Crippen molar-refractivity contribution in [3.8, 4) is 0 Å². The molecule has 17 heavy (non-hydrogen) atoms. The van der Waals surface area contributed by atoms with Crippen molar-refractivity contribution in [3.63, 3.8) is 0 Å². The largest absolute Gasteiger partial charge is 0.439 e. The van der Waals surface area contributed by atoms with E-state index in [0.29, 0.717) is 5.82 Å². The maximum Gasteiger partial charge on any atom is 0.419 e. The molecule has 0 radical (unpaired) electrons. The summed E-state index contributed by atoms with van der Waals surface area (Å²) in [5.74, 6) is 0.532. The van der Waals surface area contributed by atoms with Crippen LogP contribution in [-0.2, 0) is 14.1 Å². The molecule has 5 heteroatoms. The lowest BCUT2D eigenvalue weighted by Gasteiger charge is -2.09. The number of aryl methyl sites for hydroxylation is 1. The molecule has 0 saturated heterocycles. The number of hydrogen-bond donors (Lipinski definition) is 1. The van der Waals surface area contributed by atoms with Crippen LogP contribution in [0.1, 0.15) is 5.69 Å². The van der Waals surface area contributed by atoms with Crippen molar-refractivity contribution < 1.29 is 5.02 Å². The van der Waals surface area contributed by atoms with Crippen molar-refractivity contribution in [2.24, 2.45) is 14.1 Å². The minimum Gasteiger partial charge on any atom is -0.439 e. The zero-order chi connectivity index (χ0) is 12.6. The smallest absolute Gasteiger partial charge is 0.419 e. The van der Waals surface area contributed by atoms with E-state index >= 15 is 0 Å². The summed E-state index contributed by atoms with van der Waals surface area (Å²) in [7, 11) is 3.72. The third-order valence-electron chi connectivity index (χ3n) is 3.22. The van der Waals surface area contributed by atoms with Gasteiger partial charge in [-0.15, -0.1) is 0 Å². The van der Waals surface area contributed by atoms with Crippen molar-refractivity contribution in [1.29, 1.82) is 0 Å². The molecule has 2 rings (SSSR count). The first-order valence-electron chi connectivity index (χ1n) is 5.39. The standard InChI is InChI=1S/C12H14BN3O/c1-9-5-6-10(15(9)3)13(17)11-7-8-12(14-2)16(11)4/h5-8,17H,1,3-4H3. The van der Waals surface area contributed by atoms with Gasteiger partial charge in [-0.3, -0.25) is 0 Å². The Bertz CT molecular complexity index is 591. The molecule has 0 atom stereocenters. The van der Waals surface area contributed by atoms with Crippen LogP contribution in [0.25, 0.3) is 4.85 Å². The second-order valence-corrected chi connectivity index (χ2v) is 4.15. The van der Waals surface area contributed by atoms with Gasteiger partial charge in [-0.25, -0.2) is 0 Å². The quantitative estimate of drug-likeness (QED) is 0.582. The molecule has 2 aromatic heterocycles. The third kappa shape index (κ3) is 1.77. The van der Waals surface area contributed by atoms with Crippen molar-refractivity contribution in [2.45, 2.75) is 6.92 Å². The Kier molecular flexibility index (Phi) is 2.82. The monoisotopic (exact) mass is 227 g/mol. The fraction of sp³-hybridized carbons (Fsp3) is 0.250. The van der Waals surface area contributed by atoms with Crippen LogP contribution in [0, 0.1) is 13.5 Å². The molecule has 0 fully saturated rings. The van der Waals surface area contributed by atoms with Crippen LogP contribution in [-0.4, -0.2) is 21.1 Å². The molecule has 0 bridgehead atoms. The van der Waals surface area contributed by atoms with Crippen LogP contribution in [0.2, 0.25) is 0 Å². The summed E-state index contributed by atoms with van der Waals surface area (Å²) in [5, 5.41) is 10.3. The van der Waals surface area contributed by atoms with E-state index in [0.717, 1.165) is 16.9 Å². The summed E-state index contributed by atoms with van der Waals surface area (Å²) in [5.41, 5.74) is 2.66. The summed E-state index contributed by atoms with van der Waals surface area (Å²) in [6.45, 7) is 8.30. The Labute approximate surface area is 101 Å². The summed E-state index contributed by atoms with van der Waals surface area (Å²) in [6.07, 6.45) is 0. The molecular formula is C12H14BN3O. The highest BCUT2D eigenvalue weighted by Crippen LogP contribution is 2.09. The van der Waals surface area contributed by atoms with Crippen LogP contribution in [0.3, 0.4) is 0 Å². The SMILES string of the molecule is [C-]#[N+]c1ccc(B(O)c2ccc(C)n2C)n1C. The van der Waals surface area contributed by atoms with E-state index in [4.69, 9.17) is 6.57 Å². The highest BCUT2D eigenvalue weighted by atomic mass is 16.2. The van der Waals surface area contributed by atoms with Gasteiger partial charge in [0.2, 0.25) is 5.82 Å². The highest BCUT2D eigenvalue weighted by Gasteiger charge is 2.26. The molecular weight excluding hydrogens is 213 g/mol. The molecule has 1 N–H and O–H groups in total. The van der Waals surface area contributed by atoms with Crippen LogP contribution in [0.15, 0.2) is 24.3 Å². The minimum absolute atomic E-state index is 0.532. The molecule has 4 nitrogen and oxygen atoms in total. The molecule has 86 valence electrons. The average Bonchev–Trinajstić information content (AvgIpc) is 2.83. The van der Waals surface area contributed by atoms with Gasteiger partial charge in [0.1, 0.15) is 0 Å². The second kappa shape index (κ2) is 4.15. The van der Waals surface area contributed by atoms with E-state index in [1.54, 1.807) is 23.7 Å². The Morgan fingerprint density at radius 3 is 2.18 bits per heavy atom.